The zero-order valence-electron chi connectivity index (χ0n) is 17.5. The summed E-state index contributed by atoms with van der Waals surface area (Å²) < 4.78 is 74.5. The van der Waals surface area contributed by atoms with Gasteiger partial charge in [-0.2, -0.15) is 17.6 Å². The van der Waals surface area contributed by atoms with E-state index in [9.17, 15) is 26.7 Å². The van der Waals surface area contributed by atoms with E-state index in [1.54, 1.807) is 19.1 Å². The minimum atomic E-state index is -4.49. The number of hydrogen-bond donors (Lipinski definition) is 2. The Morgan fingerprint density at radius 3 is 2.53 bits per heavy atom. The van der Waals surface area contributed by atoms with Crippen molar-refractivity contribution in [3.05, 3.63) is 53.4 Å². The number of aromatic nitrogens is 1. The molecule has 4 atom stereocenters. The van der Waals surface area contributed by atoms with Crippen molar-refractivity contribution in [2.75, 3.05) is 19.0 Å². The molecule has 0 radical (unpaired) electrons. The van der Waals surface area contributed by atoms with Gasteiger partial charge in [0.1, 0.15) is 0 Å². The van der Waals surface area contributed by atoms with Gasteiger partial charge < -0.3 is 19.9 Å². The number of ether oxygens (including phenoxy) is 2. The summed E-state index contributed by atoms with van der Waals surface area (Å²) in [5.41, 5.74) is 1.36. The van der Waals surface area contributed by atoms with Crippen LogP contribution in [0, 0.1) is 17.6 Å². The molecular weight excluding hydrogens is 439 g/mol. The molecular formula is C21H23F5N2O4. The number of alkyl halides is 3. The van der Waals surface area contributed by atoms with Crippen molar-refractivity contribution in [2.45, 2.75) is 38.1 Å². The first-order valence-electron chi connectivity index (χ1n) is 9.55. The highest BCUT2D eigenvalue weighted by atomic mass is 19.4. The summed E-state index contributed by atoms with van der Waals surface area (Å²) in [7, 11) is 1.14. The van der Waals surface area contributed by atoms with Gasteiger partial charge in [0.25, 0.3) is 0 Å². The Labute approximate surface area is 181 Å². The summed E-state index contributed by atoms with van der Waals surface area (Å²) in [5.74, 6) is -4.29. The number of carbonyl (C=O) groups is 1. The molecule has 2 N–H and O–H groups in total. The molecule has 1 aliphatic rings. The fourth-order valence-electron chi connectivity index (χ4n) is 3.37. The molecule has 3 rings (SSSR count). The van der Waals surface area contributed by atoms with Gasteiger partial charge in [-0.05, 0) is 25.1 Å². The number of pyridine rings is 1. The summed E-state index contributed by atoms with van der Waals surface area (Å²) in [6.07, 6.45) is -4.89. The summed E-state index contributed by atoms with van der Waals surface area (Å²) >= 11 is 0. The standard InChI is InChI=1S/C13H13F5O2.C8H10N2O2/c1-6-8(5-20-12(6)13(16,17)18)7-3-4-9(14)10(15)11(7)19-2;1-6(12)8-4-7(10-5-11)2-3-9-8/h3-4,6,8,12H,5H2,1-2H3;2-6,12H,1H3,(H,9,10,11). The highest BCUT2D eigenvalue weighted by Gasteiger charge is 2.51. The molecule has 0 aliphatic carbocycles. The van der Waals surface area contributed by atoms with E-state index in [1.165, 1.54) is 19.2 Å². The maximum Gasteiger partial charge on any atom is 0.414 e. The minimum absolute atomic E-state index is 0.186. The number of hydrogen-bond acceptors (Lipinski definition) is 5. The molecule has 1 fully saturated rings. The lowest BCUT2D eigenvalue weighted by Crippen LogP contribution is -2.33. The zero-order chi connectivity index (χ0) is 24.1. The number of aliphatic hydroxyl groups excluding tert-OH is 1. The topological polar surface area (TPSA) is 80.7 Å². The van der Waals surface area contributed by atoms with E-state index in [0.717, 1.165) is 13.2 Å². The van der Waals surface area contributed by atoms with Crippen LogP contribution in [-0.4, -0.2) is 42.5 Å². The number of nitrogens with one attached hydrogen (secondary N) is 1. The van der Waals surface area contributed by atoms with Crippen molar-refractivity contribution in [3.63, 3.8) is 0 Å². The average molecular weight is 462 g/mol. The van der Waals surface area contributed by atoms with E-state index in [0.29, 0.717) is 17.8 Å². The first kappa shape index (κ1) is 25.5. The Bertz CT molecular complexity index is 924. The van der Waals surface area contributed by atoms with Crippen molar-refractivity contribution in [2.24, 2.45) is 5.92 Å². The van der Waals surface area contributed by atoms with E-state index in [-0.39, 0.29) is 17.9 Å². The molecule has 1 aromatic heterocycles. The second-order valence-electron chi connectivity index (χ2n) is 7.15. The fraction of sp³-hybridized carbons (Fsp3) is 0.429. The Kier molecular flexibility index (Phi) is 8.51. The van der Waals surface area contributed by atoms with Crippen LogP contribution in [-0.2, 0) is 9.53 Å². The monoisotopic (exact) mass is 462 g/mol. The van der Waals surface area contributed by atoms with Crippen molar-refractivity contribution < 1.29 is 41.3 Å². The number of rotatable bonds is 5. The van der Waals surface area contributed by atoms with Gasteiger partial charge in [0.05, 0.1) is 25.5 Å². The number of amides is 1. The van der Waals surface area contributed by atoms with E-state index in [4.69, 9.17) is 14.6 Å². The van der Waals surface area contributed by atoms with Crippen LogP contribution in [0.3, 0.4) is 0 Å². The van der Waals surface area contributed by atoms with Gasteiger partial charge in [-0.3, -0.25) is 9.78 Å². The molecule has 0 bridgehead atoms. The number of aliphatic hydroxyl groups is 1. The van der Waals surface area contributed by atoms with Gasteiger partial charge in [-0.25, -0.2) is 4.39 Å². The van der Waals surface area contributed by atoms with Gasteiger partial charge in [0.2, 0.25) is 12.2 Å². The van der Waals surface area contributed by atoms with E-state index >= 15 is 0 Å². The lowest BCUT2D eigenvalue weighted by molar-refractivity contribution is -0.215. The smallest absolute Gasteiger partial charge is 0.414 e. The number of methoxy groups -OCH3 is 1. The average Bonchev–Trinajstić information content (AvgIpc) is 3.12. The molecule has 1 aliphatic heterocycles. The molecule has 11 heteroatoms. The number of halogens is 5. The van der Waals surface area contributed by atoms with Gasteiger partial charge >= 0.3 is 6.18 Å². The number of carbonyl (C=O) groups excluding carboxylic acids is 1. The summed E-state index contributed by atoms with van der Waals surface area (Å²) in [6.45, 7) is 2.77. The van der Waals surface area contributed by atoms with Crippen LogP contribution in [0.15, 0.2) is 30.5 Å². The molecule has 0 spiro atoms. The zero-order valence-corrected chi connectivity index (χ0v) is 17.5. The third-order valence-corrected chi connectivity index (χ3v) is 5.01. The third-order valence-electron chi connectivity index (χ3n) is 5.01. The van der Waals surface area contributed by atoms with Crippen LogP contribution in [0.1, 0.15) is 37.1 Å². The molecule has 0 saturated carbocycles. The van der Waals surface area contributed by atoms with E-state index in [2.05, 4.69) is 10.3 Å². The maximum atomic E-state index is 13.6. The Morgan fingerprint density at radius 2 is 2.00 bits per heavy atom. The molecule has 4 unspecified atom stereocenters. The second-order valence-corrected chi connectivity index (χ2v) is 7.15. The van der Waals surface area contributed by atoms with Crippen LogP contribution < -0.4 is 10.1 Å². The molecule has 176 valence electrons. The molecule has 2 aromatic rings. The van der Waals surface area contributed by atoms with Gasteiger partial charge in [-0.15, -0.1) is 0 Å². The summed E-state index contributed by atoms with van der Waals surface area (Å²) in [6, 6.07) is 5.39. The summed E-state index contributed by atoms with van der Waals surface area (Å²) in [5, 5.41) is 11.6. The molecule has 6 nitrogen and oxygen atoms in total. The molecule has 2 heterocycles. The Morgan fingerprint density at radius 1 is 1.31 bits per heavy atom. The minimum Gasteiger partial charge on any atom is -0.493 e. The highest BCUT2D eigenvalue weighted by molar-refractivity contribution is 5.70. The maximum absolute atomic E-state index is 13.6. The normalized spacial score (nSPS) is 21.3. The van der Waals surface area contributed by atoms with Crippen LogP contribution in [0.2, 0.25) is 0 Å². The van der Waals surface area contributed by atoms with Gasteiger partial charge in [0.15, 0.2) is 17.7 Å². The van der Waals surface area contributed by atoms with Crippen molar-refractivity contribution >= 4 is 12.1 Å². The molecule has 1 amide bonds. The Hall–Kier alpha value is -2.79. The van der Waals surface area contributed by atoms with E-state index < -0.39 is 41.9 Å². The Balaban J connectivity index is 0.000000258. The highest BCUT2D eigenvalue weighted by Crippen LogP contribution is 2.45. The number of nitrogens with zero attached hydrogens (tertiary/aromatic N) is 1. The molecule has 32 heavy (non-hydrogen) atoms. The summed E-state index contributed by atoms with van der Waals surface area (Å²) in [4.78, 5) is 14.0. The predicted molar refractivity (Wildman–Crippen MR) is 105 cm³/mol. The van der Waals surface area contributed by atoms with Gasteiger partial charge in [-0.1, -0.05) is 13.0 Å². The molecule has 1 saturated heterocycles. The van der Waals surface area contributed by atoms with Crippen molar-refractivity contribution in [1.82, 2.24) is 4.98 Å². The first-order chi connectivity index (χ1) is 15.0. The van der Waals surface area contributed by atoms with Crippen molar-refractivity contribution in [3.8, 4) is 5.75 Å². The first-order valence-corrected chi connectivity index (χ1v) is 9.55. The van der Waals surface area contributed by atoms with Crippen LogP contribution in [0.25, 0.3) is 0 Å². The van der Waals surface area contributed by atoms with Crippen LogP contribution >= 0.6 is 0 Å². The number of benzene rings is 1. The number of anilines is 1. The second kappa shape index (κ2) is 10.7. The fourth-order valence-corrected chi connectivity index (χ4v) is 3.37. The van der Waals surface area contributed by atoms with E-state index in [1.807, 2.05) is 0 Å². The lowest BCUT2D eigenvalue weighted by Gasteiger charge is -2.22. The van der Waals surface area contributed by atoms with Crippen molar-refractivity contribution in [1.29, 1.82) is 0 Å². The molecule has 1 aromatic carbocycles. The largest absolute Gasteiger partial charge is 0.493 e. The van der Waals surface area contributed by atoms with Crippen LogP contribution in [0.4, 0.5) is 27.6 Å². The lowest BCUT2D eigenvalue weighted by atomic mass is 9.86. The SMILES string of the molecule is CC(O)c1cc(NC=O)ccn1.COc1c(C2COC(C(F)(F)F)C2C)ccc(F)c1F. The van der Waals surface area contributed by atoms with Crippen LogP contribution in [0.5, 0.6) is 5.75 Å². The quantitative estimate of drug-likeness (QED) is 0.510. The predicted octanol–water partition coefficient (Wildman–Crippen LogP) is 4.36. The van der Waals surface area contributed by atoms with Gasteiger partial charge in [0, 0.05) is 29.3 Å². The third kappa shape index (κ3) is 5.92.